The number of halogens is 3. The van der Waals surface area contributed by atoms with Gasteiger partial charge in [-0.05, 0) is 66.3 Å². The van der Waals surface area contributed by atoms with E-state index in [1.165, 1.54) is 12.1 Å². The molecule has 1 aromatic heterocycles. The standard InChI is InChI=1S/C30H32F3N3O3/c1-2-3-24-18-36(17-19-4-6-22(7-5-19)30(31,32)33)13-12-29(24,39)23-8-10-26-20(15-23)14-21(16-34-26)25-9-11-27(37)35-28(25)38/h4-8,10,14-16,24-25,39H,2-3,9,11-13,17-18H2,1H3,(H,35,37,38). The van der Waals surface area contributed by atoms with Gasteiger partial charge in [-0.15, -0.1) is 0 Å². The van der Waals surface area contributed by atoms with E-state index in [-0.39, 0.29) is 24.2 Å². The molecule has 2 aliphatic rings. The smallest absolute Gasteiger partial charge is 0.385 e. The van der Waals surface area contributed by atoms with Crippen molar-refractivity contribution in [3.63, 3.8) is 0 Å². The molecule has 0 spiro atoms. The van der Waals surface area contributed by atoms with Crippen LogP contribution in [0.5, 0.6) is 0 Å². The van der Waals surface area contributed by atoms with Crippen molar-refractivity contribution in [2.75, 3.05) is 13.1 Å². The quantitative estimate of drug-likeness (QED) is 0.417. The van der Waals surface area contributed by atoms with Crippen molar-refractivity contribution in [2.45, 2.75) is 63.3 Å². The lowest BCUT2D eigenvalue weighted by molar-refractivity contribution is -0.138. The van der Waals surface area contributed by atoms with E-state index in [4.69, 9.17) is 0 Å². The van der Waals surface area contributed by atoms with E-state index in [1.54, 1.807) is 6.20 Å². The molecule has 2 fully saturated rings. The van der Waals surface area contributed by atoms with Crippen LogP contribution in [0, 0.1) is 5.92 Å². The number of hydrogen-bond acceptors (Lipinski definition) is 5. The van der Waals surface area contributed by atoms with Gasteiger partial charge in [-0.1, -0.05) is 31.5 Å². The van der Waals surface area contributed by atoms with Crippen molar-refractivity contribution in [1.29, 1.82) is 0 Å². The van der Waals surface area contributed by atoms with Crippen LogP contribution in [0.3, 0.4) is 0 Å². The number of benzene rings is 2. The normalized spacial score (nSPS) is 24.6. The second kappa shape index (κ2) is 10.7. The molecule has 2 saturated heterocycles. The number of amides is 2. The lowest BCUT2D eigenvalue weighted by atomic mass is 9.73. The number of carbonyl (C=O) groups excluding carboxylic acids is 2. The summed E-state index contributed by atoms with van der Waals surface area (Å²) in [7, 11) is 0. The third kappa shape index (κ3) is 5.70. The first kappa shape index (κ1) is 27.3. The summed E-state index contributed by atoms with van der Waals surface area (Å²) in [6, 6.07) is 12.9. The fourth-order valence-electron chi connectivity index (χ4n) is 5.97. The van der Waals surface area contributed by atoms with E-state index in [0.717, 1.165) is 52.6 Å². The summed E-state index contributed by atoms with van der Waals surface area (Å²) in [5, 5.41) is 15.2. The van der Waals surface area contributed by atoms with E-state index < -0.39 is 23.3 Å². The number of imide groups is 1. The molecule has 0 radical (unpaired) electrons. The van der Waals surface area contributed by atoms with Gasteiger partial charge < -0.3 is 5.11 Å². The zero-order valence-corrected chi connectivity index (χ0v) is 21.8. The average molecular weight is 540 g/mol. The van der Waals surface area contributed by atoms with Crippen LogP contribution < -0.4 is 5.32 Å². The molecule has 3 aromatic rings. The van der Waals surface area contributed by atoms with Gasteiger partial charge in [0.15, 0.2) is 0 Å². The number of piperidine rings is 2. The average Bonchev–Trinajstić information content (AvgIpc) is 2.90. The number of nitrogens with zero attached hydrogens (tertiary/aromatic N) is 2. The second-order valence-corrected chi connectivity index (χ2v) is 10.8. The molecule has 206 valence electrons. The number of carbonyl (C=O) groups is 2. The third-order valence-electron chi connectivity index (χ3n) is 8.13. The minimum Gasteiger partial charge on any atom is -0.385 e. The van der Waals surface area contributed by atoms with Gasteiger partial charge in [0.25, 0.3) is 0 Å². The Kier molecular flexibility index (Phi) is 7.48. The fraction of sp³-hybridized carbons (Fsp3) is 0.433. The van der Waals surface area contributed by atoms with Crippen LogP contribution >= 0.6 is 0 Å². The number of aliphatic hydroxyl groups is 1. The molecule has 2 N–H and O–H groups in total. The molecule has 5 rings (SSSR count). The Balaban J connectivity index is 1.36. The summed E-state index contributed by atoms with van der Waals surface area (Å²) in [5.74, 6) is -1.08. The first-order valence-corrected chi connectivity index (χ1v) is 13.4. The van der Waals surface area contributed by atoms with Crippen LogP contribution in [0.1, 0.15) is 67.2 Å². The molecule has 2 amide bonds. The molecule has 0 saturated carbocycles. The van der Waals surface area contributed by atoms with Crippen LogP contribution in [0.2, 0.25) is 0 Å². The SMILES string of the molecule is CCCC1CN(Cc2ccc(C(F)(F)F)cc2)CCC1(O)c1ccc2ncc(C3CCC(=O)NC3=O)cc2c1. The Labute approximate surface area is 225 Å². The van der Waals surface area contributed by atoms with Crippen LogP contribution in [0.15, 0.2) is 54.7 Å². The topological polar surface area (TPSA) is 82.5 Å². The molecule has 3 atom stereocenters. The highest BCUT2D eigenvalue weighted by molar-refractivity contribution is 6.01. The summed E-state index contributed by atoms with van der Waals surface area (Å²) in [6.45, 7) is 3.82. The summed E-state index contributed by atoms with van der Waals surface area (Å²) < 4.78 is 38.8. The van der Waals surface area contributed by atoms with Crippen molar-refractivity contribution in [1.82, 2.24) is 15.2 Å². The van der Waals surface area contributed by atoms with Crippen LogP contribution in [0.25, 0.3) is 10.9 Å². The van der Waals surface area contributed by atoms with Gasteiger partial charge in [-0.25, -0.2) is 0 Å². The highest BCUT2D eigenvalue weighted by atomic mass is 19.4. The van der Waals surface area contributed by atoms with E-state index in [9.17, 15) is 27.9 Å². The first-order chi connectivity index (χ1) is 18.6. The Morgan fingerprint density at radius 3 is 2.59 bits per heavy atom. The predicted octanol–water partition coefficient (Wildman–Crippen LogP) is 5.28. The van der Waals surface area contributed by atoms with Gasteiger partial charge in [0.2, 0.25) is 11.8 Å². The first-order valence-electron chi connectivity index (χ1n) is 13.4. The summed E-state index contributed by atoms with van der Waals surface area (Å²) in [4.78, 5) is 30.7. The van der Waals surface area contributed by atoms with Crippen molar-refractivity contribution in [3.05, 3.63) is 77.0 Å². The molecular formula is C30H32F3N3O3. The van der Waals surface area contributed by atoms with Gasteiger partial charge in [0.05, 0.1) is 22.6 Å². The number of rotatable bonds is 6. The third-order valence-corrected chi connectivity index (χ3v) is 8.13. The molecule has 39 heavy (non-hydrogen) atoms. The van der Waals surface area contributed by atoms with E-state index >= 15 is 0 Å². The number of likely N-dealkylation sites (tertiary alicyclic amines) is 1. The minimum atomic E-state index is -4.36. The summed E-state index contributed by atoms with van der Waals surface area (Å²) >= 11 is 0. The van der Waals surface area contributed by atoms with E-state index in [2.05, 4.69) is 22.1 Å². The van der Waals surface area contributed by atoms with Gasteiger partial charge in [0.1, 0.15) is 0 Å². The highest BCUT2D eigenvalue weighted by Gasteiger charge is 2.42. The second-order valence-electron chi connectivity index (χ2n) is 10.8. The Hall–Kier alpha value is -3.30. The van der Waals surface area contributed by atoms with Gasteiger partial charge in [0, 0.05) is 43.6 Å². The van der Waals surface area contributed by atoms with Crippen molar-refractivity contribution < 1.29 is 27.9 Å². The molecule has 2 aliphatic heterocycles. The molecule has 3 heterocycles. The van der Waals surface area contributed by atoms with Crippen molar-refractivity contribution in [2.24, 2.45) is 5.92 Å². The van der Waals surface area contributed by atoms with E-state index in [1.807, 2.05) is 24.3 Å². The maximum absolute atomic E-state index is 12.9. The molecule has 2 aromatic carbocycles. The Morgan fingerprint density at radius 2 is 1.90 bits per heavy atom. The number of fused-ring (bicyclic) bond motifs is 1. The van der Waals surface area contributed by atoms with Gasteiger partial charge in [-0.2, -0.15) is 13.2 Å². The van der Waals surface area contributed by atoms with Gasteiger partial charge >= 0.3 is 6.18 Å². The molecule has 0 bridgehead atoms. The molecule has 6 nitrogen and oxygen atoms in total. The maximum Gasteiger partial charge on any atom is 0.416 e. The summed E-state index contributed by atoms with van der Waals surface area (Å²) in [6.07, 6.45) is 0.220. The predicted molar refractivity (Wildman–Crippen MR) is 141 cm³/mol. The Bertz CT molecular complexity index is 1380. The lowest BCUT2D eigenvalue weighted by Crippen LogP contribution is -2.49. The van der Waals surface area contributed by atoms with E-state index in [0.29, 0.717) is 32.5 Å². The number of aromatic nitrogens is 1. The number of pyridine rings is 1. The zero-order chi connectivity index (χ0) is 27.8. The van der Waals surface area contributed by atoms with Crippen LogP contribution in [0.4, 0.5) is 13.2 Å². The number of nitrogens with one attached hydrogen (secondary N) is 1. The number of hydrogen-bond donors (Lipinski definition) is 2. The fourth-order valence-corrected chi connectivity index (χ4v) is 5.97. The minimum absolute atomic E-state index is 0.0607. The highest BCUT2D eigenvalue weighted by Crippen LogP contribution is 2.41. The molecule has 3 unspecified atom stereocenters. The van der Waals surface area contributed by atoms with Crippen molar-refractivity contribution in [3.8, 4) is 0 Å². The molecular weight excluding hydrogens is 507 g/mol. The van der Waals surface area contributed by atoms with Gasteiger partial charge in [-0.3, -0.25) is 24.8 Å². The monoisotopic (exact) mass is 539 g/mol. The lowest BCUT2D eigenvalue weighted by Gasteiger charge is -2.45. The Morgan fingerprint density at radius 1 is 1.13 bits per heavy atom. The zero-order valence-electron chi connectivity index (χ0n) is 21.8. The molecule has 9 heteroatoms. The molecule has 0 aliphatic carbocycles. The van der Waals surface area contributed by atoms with Crippen molar-refractivity contribution >= 4 is 22.7 Å². The number of alkyl halides is 3. The van der Waals surface area contributed by atoms with Crippen LogP contribution in [-0.2, 0) is 27.9 Å². The maximum atomic E-state index is 12.9. The summed E-state index contributed by atoms with van der Waals surface area (Å²) in [5.41, 5.74) is 1.38. The largest absolute Gasteiger partial charge is 0.416 e. The van der Waals surface area contributed by atoms with Crippen LogP contribution in [-0.4, -0.2) is 39.9 Å².